The summed E-state index contributed by atoms with van der Waals surface area (Å²) < 4.78 is 1.97. The summed E-state index contributed by atoms with van der Waals surface area (Å²) in [6.07, 6.45) is 8.24. The third-order valence-electron chi connectivity index (χ3n) is 8.14. The third-order valence-corrected chi connectivity index (χ3v) is 8.14. The molecule has 2 aromatic rings. The van der Waals surface area contributed by atoms with Gasteiger partial charge in [0.1, 0.15) is 0 Å². The number of aromatic nitrogens is 2. The van der Waals surface area contributed by atoms with E-state index in [1.807, 2.05) is 36.7 Å². The van der Waals surface area contributed by atoms with E-state index < -0.39 is 0 Å². The lowest BCUT2D eigenvalue weighted by Gasteiger charge is -2.59. The van der Waals surface area contributed by atoms with Crippen LogP contribution < -0.4 is 5.32 Å². The maximum absolute atomic E-state index is 13.3. The number of carbonyl (C=O) groups excluding carboxylic acids is 1. The fraction of sp³-hybridized carbons (Fsp3) is 0.600. The zero-order chi connectivity index (χ0) is 20.2. The first kappa shape index (κ1) is 18.9. The summed E-state index contributed by atoms with van der Waals surface area (Å²) in [5, 5.41) is 8.10. The predicted octanol–water partition coefficient (Wildman–Crippen LogP) is 4.88. The van der Waals surface area contributed by atoms with Crippen LogP contribution in [0.1, 0.15) is 72.8 Å². The highest BCUT2D eigenvalue weighted by Gasteiger charge is 2.53. The number of carbonyl (C=O) groups is 1. The molecule has 4 saturated carbocycles. The molecule has 0 aliphatic heterocycles. The van der Waals surface area contributed by atoms with Crippen LogP contribution in [0.4, 0.5) is 0 Å². The van der Waals surface area contributed by atoms with Crippen molar-refractivity contribution in [2.75, 3.05) is 0 Å². The van der Waals surface area contributed by atoms with Gasteiger partial charge in [0, 0.05) is 11.7 Å². The summed E-state index contributed by atoms with van der Waals surface area (Å²) in [6.45, 7) is 6.93. The number of benzene rings is 1. The van der Waals surface area contributed by atoms with Gasteiger partial charge in [0.05, 0.1) is 17.8 Å². The van der Waals surface area contributed by atoms with Crippen LogP contribution in [0, 0.1) is 37.0 Å². The molecule has 1 atom stereocenters. The van der Waals surface area contributed by atoms with Gasteiger partial charge in [0.25, 0.3) is 5.91 Å². The zero-order valence-corrected chi connectivity index (χ0v) is 17.9. The Kier molecular flexibility index (Phi) is 4.56. The summed E-state index contributed by atoms with van der Waals surface area (Å²) in [7, 11) is 0. The molecule has 1 aromatic carbocycles. The van der Waals surface area contributed by atoms with Crippen LogP contribution in [0.15, 0.2) is 30.3 Å². The second kappa shape index (κ2) is 7.00. The lowest BCUT2D eigenvalue weighted by molar-refractivity contribution is -0.0688. The van der Waals surface area contributed by atoms with Crippen LogP contribution in [-0.2, 0) is 6.54 Å². The molecule has 154 valence electrons. The molecule has 1 aromatic heterocycles. The molecule has 1 heterocycles. The largest absolute Gasteiger partial charge is 0.349 e. The van der Waals surface area contributed by atoms with E-state index in [4.69, 9.17) is 0 Å². The summed E-state index contributed by atoms with van der Waals surface area (Å²) >= 11 is 0. The molecule has 4 fully saturated rings. The van der Waals surface area contributed by atoms with Crippen LogP contribution in [0.25, 0.3) is 0 Å². The Balaban J connectivity index is 1.33. The summed E-state index contributed by atoms with van der Waals surface area (Å²) in [5.41, 5.74) is 4.08. The van der Waals surface area contributed by atoms with Gasteiger partial charge in [-0.2, -0.15) is 5.10 Å². The van der Waals surface area contributed by atoms with Gasteiger partial charge < -0.3 is 5.32 Å². The Morgan fingerprint density at radius 3 is 2.28 bits per heavy atom. The van der Waals surface area contributed by atoms with E-state index in [2.05, 4.69) is 29.5 Å². The van der Waals surface area contributed by atoms with E-state index in [0.717, 1.165) is 34.7 Å². The Labute approximate surface area is 174 Å². The van der Waals surface area contributed by atoms with Crippen LogP contribution >= 0.6 is 0 Å². The third kappa shape index (κ3) is 3.31. The monoisotopic (exact) mass is 391 g/mol. The molecule has 4 aliphatic carbocycles. The van der Waals surface area contributed by atoms with Gasteiger partial charge in [-0.05, 0) is 88.0 Å². The number of hydrogen-bond acceptors (Lipinski definition) is 2. The molecule has 0 spiro atoms. The van der Waals surface area contributed by atoms with Gasteiger partial charge in [0.15, 0.2) is 0 Å². The number of aryl methyl sites for hydroxylation is 1. The average Bonchev–Trinajstić information content (AvgIpc) is 2.94. The van der Waals surface area contributed by atoms with E-state index in [1.165, 1.54) is 44.1 Å². The number of hydrogen-bond donors (Lipinski definition) is 1. The van der Waals surface area contributed by atoms with Gasteiger partial charge in [-0.15, -0.1) is 0 Å². The molecule has 0 saturated heterocycles. The Bertz CT molecular complexity index is 878. The zero-order valence-electron chi connectivity index (χ0n) is 17.9. The molecule has 4 heteroatoms. The molecule has 29 heavy (non-hydrogen) atoms. The first-order valence-electron chi connectivity index (χ1n) is 11.3. The van der Waals surface area contributed by atoms with Gasteiger partial charge in [-0.25, -0.2) is 0 Å². The van der Waals surface area contributed by atoms with Crippen LogP contribution in [0.2, 0.25) is 0 Å². The minimum atomic E-state index is 0.0579. The number of rotatable bonds is 5. The summed E-state index contributed by atoms with van der Waals surface area (Å²) in [4.78, 5) is 13.3. The van der Waals surface area contributed by atoms with E-state index >= 15 is 0 Å². The molecule has 1 unspecified atom stereocenters. The molecule has 4 bridgehead atoms. The maximum atomic E-state index is 13.3. The van der Waals surface area contributed by atoms with Gasteiger partial charge in [-0.3, -0.25) is 9.48 Å². The van der Waals surface area contributed by atoms with Crippen molar-refractivity contribution in [1.29, 1.82) is 0 Å². The molecule has 6 rings (SSSR count). The molecule has 1 N–H and O–H groups in total. The second-order valence-corrected chi connectivity index (χ2v) is 10.2. The van der Waals surface area contributed by atoms with Crippen molar-refractivity contribution in [3.8, 4) is 0 Å². The Morgan fingerprint density at radius 1 is 1.10 bits per heavy atom. The molecular formula is C25H33N3O. The molecule has 4 aliphatic rings. The van der Waals surface area contributed by atoms with Crippen LogP contribution in [0.5, 0.6) is 0 Å². The lowest BCUT2D eigenvalue weighted by Crippen LogP contribution is -2.55. The van der Waals surface area contributed by atoms with E-state index in [9.17, 15) is 4.79 Å². The van der Waals surface area contributed by atoms with E-state index in [0.29, 0.717) is 12.0 Å². The van der Waals surface area contributed by atoms with Crippen LogP contribution in [-0.4, -0.2) is 21.7 Å². The van der Waals surface area contributed by atoms with Crippen molar-refractivity contribution < 1.29 is 4.79 Å². The summed E-state index contributed by atoms with van der Waals surface area (Å²) in [6, 6.07) is 10.6. The number of nitrogens with zero attached hydrogens (tertiary/aromatic N) is 2. The van der Waals surface area contributed by atoms with Crippen molar-refractivity contribution >= 4 is 5.91 Å². The van der Waals surface area contributed by atoms with Gasteiger partial charge >= 0.3 is 0 Å². The standard InChI is InChI=1S/C25H33N3O/c1-16-23(17(2)28(27-16)15-19-7-5-4-6-8-19)24(29)26-18(3)25-12-20-9-21(13-25)11-22(10-20)14-25/h4-8,18,20-22H,9-15H2,1-3H3,(H,26,29). The highest BCUT2D eigenvalue weighted by Crippen LogP contribution is 2.61. The second-order valence-electron chi connectivity index (χ2n) is 10.2. The normalized spacial score (nSPS) is 31.1. The van der Waals surface area contributed by atoms with Crippen LogP contribution in [0.3, 0.4) is 0 Å². The molecular weight excluding hydrogens is 358 g/mol. The average molecular weight is 392 g/mol. The van der Waals surface area contributed by atoms with Gasteiger partial charge in [-0.1, -0.05) is 30.3 Å². The van der Waals surface area contributed by atoms with E-state index in [1.54, 1.807) is 0 Å². The maximum Gasteiger partial charge on any atom is 0.255 e. The predicted molar refractivity (Wildman–Crippen MR) is 115 cm³/mol. The fourth-order valence-electron chi connectivity index (χ4n) is 7.07. The highest BCUT2D eigenvalue weighted by atomic mass is 16.1. The van der Waals surface area contributed by atoms with E-state index in [-0.39, 0.29) is 11.9 Å². The topological polar surface area (TPSA) is 46.9 Å². The van der Waals surface area contributed by atoms with Crippen molar-refractivity contribution in [3.05, 3.63) is 52.8 Å². The summed E-state index contributed by atoms with van der Waals surface area (Å²) in [5.74, 6) is 2.76. The quantitative estimate of drug-likeness (QED) is 0.789. The fourth-order valence-corrected chi connectivity index (χ4v) is 7.07. The molecule has 4 nitrogen and oxygen atoms in total. The molecule has 1 amide bonds. The SMILES string of the molecule is Cc1nn(Cc2ccccc2)c(C)c1C(=O)NC(C)C12CC3CC(CC(C3)C1)C2. The number of nitrogens with one attached hydrogen (secondary N) is 1. The Morgan fingerprint density at radius 2 is 1.69 bits per heavy atom. The van der Waals surface area contributed by atoms with Crippen molar-refractivity contribution in [2.45, 2.75) is 71.9 Å². The molecule has 0 radical (unpaired) electrons. The highest BCUT2D eigenvalue weighted by molar-refractivity contribution is 5.96. The minimum absolute atomic E-state index is 0.0579. The van der Waals surface area contributed by atoms with Gasteiger partial charge in [0.2, 0.25) is 0 Å². The smallest absolute Gasteiger partial charge is 0.255 e. The lowest BCUT2D eigenvalue weighted by atomic mass is 9.48. The first-order chi connectivity index (χ1) is 13.9. The minimum Gasteiger partial charge on any atom is -0.349 e. The Hall–Kier alpha value is -2.10. The first-order valence-corrected chi connectivity index (χ1v) is 11.3. The van der Waals surface area contributed by atoms with Crippen molar-refractivity contribution in [3.63, 3.8) is 0 Å². The van der Waals surface area contributed by atoms with Crippen molar-refractivity contribution in [2.24, 2.45) is 23.2 Å². The van der Waals surface area contributed by atoms with Crippen molar-refractivity contribution in [1.82, 2.24) is 15.1 Å². The number of amides is 1.